The van der Waals surface area contributed by atoms with E-state index in [1.54, 1.807) is 0 Å². The van der Waals surface area contributed by atoms with Gasteiger partial charge >= 0.3 is 0 Å². The summed E-state index contributed by atoms with van der Waals surface area (Å²) < 4.78 is 0. The molecule has 336 valence electrons. The molecule has 0 aliphatic rings. The van der Waals surface area contributed by atoms with Crippen molar-refractivity contribution in [1.29, 1.82) is 0 Å². The highest BCUT2D eigenvalue weighted by Crippen LogP contribution is 2.18. The topological polar surface area (TPSA) is 110 Å². The first kappa shape index (κ1) is 55.3. The maximum Gasteiger partial charge on any atom is 0.249 e. The van der Waals surface area contributed by atoms with Gasteiger partial charge in [-0.15, -0.1) is 0 Å². The van der Waals surface area contributed by atoms with Crippen LogP contribution < -0.4 is 5.32 Å². The molecule has 0 saturated heterocycles. The number of rotatable bonds is 47. The Bertz CT molecular complexity index is 766. The summed E-state index contributed by atoms with van der Waals surface area (Å²) in [5.74, 6) is -0.577. The molecule has 0 aromatic carbocycles. The van der Waals surface area contributed by atoms with Gasteiger partial charge in [-0.25, -0.2) is 0 Å². The zero-order valence-corrected chi connectivity index (χ0v) is 37.9. The third kappa shape index (κ3) is 38.8. The molecule has 0 aromatic rings. The van der Waals surface area contributed by atoms with Gasteiger partial charge in [0.1, 0.15) is 12.2 Å². The lowest BCUT2D eigenvalue weighted by atomic mass is 9.99. The maximum absolute atomic E-state index is 12.6. The van der Waals surface area contributed by atoms with Crippen LogP contribution in [0, 0.1) is 0 Å². The molecule has 4 unspecified atom stereocenters. The van der Waals surface area contributed by atoms with Crippen molar-refractivity contribution < 1.29 is 25.2 Å². The van der Waals surface area contributed by atoms with Gasteiger partial charge in [0, 0.05) is 0 Å². The maximum atomic E-state index is 12.6. The molecule has 0 aliphatic carbocycles. The van der Waals surface area contributed by atoms with E-state index in [2.05, 4.69) is 19.2 Å². The van der Waals surface area contributed by atoms with Crippen molar-refractivity contribution in [2.45, 2.75) is 308 Å². The van der Waals surface area contributed by atoms with Crippen LogP contribution in [0.25, 0.3) is 0 Å². The van der Waals surface area contributed by atoms with E-state index in [1.165, 1.54) is 218 Å². The lowest BCUT2D eigenvalue weighted by molar-refractivity contribution is -0.132. The van der Waals surface area contributed by atoms with Crippen LogP contribution in [-0.2, 0) is 4.79 Å². The van der Waals surface area contributed by atoms with Gasteiger partial charge in [0.05, 0.1) is 18.8 Å². The number of unbranched alkanes of at least 4 members (excludes halogenated alkanes) is 38. The second kappa shape index (κ2) is 45.4. The van der Waals surface area contributed by atoms with Crippen molar-refractivity contribution in [3.05, 3.63) is 0 Å². The van der Waals surface area contributed by atoms with Crippen molar-refractivity contribution in [1.82, 2.24) is 5.32 Å². The summed E-state index contributed by atoms with van der Waals surface area (Å²) in [4.78, 5) is 12.6. The molecular weight excluding hydrogens is 695 g/mol. The van der Waals surface area contributed by atoms with E-state index in [1.807, 2.05) is 0 Å². The number of hydrogen-bond donors (Lipinski definition) is 5. The van der Waals surface area contributed by atoms with Crippen LogP contribution in [0.15, 0.2) is 0 Å². The Morgan fingerprint density at radius 1 is 0.375 bits per heavy atom. The van der Waals surface area contributed by atoms with Crippen molar-refractivity contribution in [3.8, 4) is 0 Å². The predicted molar refractivity (Wildman–Crippen MR) is 242 cm³/mol. The zero-order chi connectivity index (χ0) is 41.0. The third-order valence-corrected chi connectivity index (χ3v) is 12.3. The van der Waals surface area contributed by atoms with Crippen LogP contribution in [0.5, 0.6) is 0 Å². The predicted octanol–water partition coefficient (Wildman–Crippen LogP) is 14.0. The average molecular weight is 796 g/mol. The summed E-state index contributed by atoms with van der Waals surface area (Å²) in [7, 11) is 0. The number of carbonyl (C=O) groups is 1. The van der Waals surface area contributed by atoms with Crippen LogP contribution in [0.2, 0.25) is 0 Å². The van der Waals surface area contributed by atoms with Gasteiger partial charge < -0.3 is 25.7 Å². The lowest BCUT2D eigenvalue weighted by Crippen LogP contribution is -2.53. The molecule has 0 rings (SSSR count). The second-order valence-electron chi connectivity index (χ2n) is 17.9. The highest BCUT2D eigenvalue weighted by molar-refractivity contribution is 5.80. The van der Waals surface area contributed by atoms with Crippen LogP contribution in [0.1, 0.15) is 284 Å². The molecule has 0 saturated carbocycles. The summed E-state index contributed by atoms with van der Waals surface area (Å²) in [5, 5.41) is 43.9. The van der Waals surface area contributed by atoms with Crippen LogP contribution in [0.4, 0.5) is 0 Å². The molecule has 0 aromatic heterocycles. The number of nitrogens with one attached hydrogen (secondary N) is 1. The van der Waals surface area contributed by atoms with Gasteiger partial charge in [-0.2, -0.15) is 0 Å². The lowest BCUT2D eigenvalue weighted by Gasteiger charge is -2.27. The van der Waals surface area contributed by atoms with E-state index in [0.29, 0.717) is 12.8 Å². The Morgan fingerprint density at radius 3 is 0.857 bits per heavy atom. The first-order valence-electron chi connectivity index (χ1n) is 25.4. The number of aliphatic hydroxyl groups excluding tert-OH is 4. The molecular formula is C50H101NO5. The SMILES string of the molecule is CCCCCCCCCCCCCCCCCCCCCCCC(O)C(=O)NC(CO)C(O)C(O)CCCCCCCCCCCCCCCCCCCCC. The van der Waals surface area contributed by atoms with Gasteiger partial charge in [0.15, 0.2) is 0 Å². The Hall–Kier alpha value is -0.690. The van der Waals surface area contributed by atoms with Gasteiger partial charge in [0.25, 0.3) is 0 Å². The Labute approximate surface area is 350 Å². The van der Waals surface area contributed by atoms with Crippen molar-refractivity contribution >= 4 is 5.91 Å². The van der Waals surface area contributed by atoms with E-state index in [0.717, 1.165) is 38.5 Å². The van der Waals surface area contributed by atoms with E-state index >= 15 is 0 Å². The Morgan fingerprint density at radius 2 is 0.607 bits per heavy atom. The van der Waals surface area contributed by atoms with E-state index in [4.69, 9.17) is 0 Å². The van der Waals surface area contributed by atoms with Gasteiger partial charge in [-0.1, -0.05) is 271 Å². The van der Waals surface area contributed by atoms with E-state index in [-0.39, 0.29) is 0 Å². The molecule has 4 atom stereocenters. The largest absolute Gasteiger partial charge is 0.394 e. The summed E-state index contributed by atoms with van der Waals surface area (Å²) in [6.07, 6.45) is 50.0. The molecule has 6 heteroatoms. The molecule has 0 radical (unpaired) electrons. The van der Waals surface area contributed by atoms with E-state index in [9.17, 15) is 25.2 Å². The summed E-state index contributed by atoms with van der Waals surface area (Å²) in [6, 6.07) is -0.979. The number of aliphatic hydroxyl groups is 4. The number of hydrogen-bond acceptors (Lipinski definition) is 5. The normalized spacial score (nSPS) is 13.9. The fourth-order valence-corrected chi connectivity index (χ4v) is 8.29. The first-order chi connectivity index (χ1) is 27.5. The van der Waals surface area contributed by atoms with E-state index < -0.39 is 36.9 Å². The van der Waals surface area contributed by atoms with Crippen molar-refractivity contribution in [2.75, 3.05) is 6.61 Å². The van der Waals surface area contributed by atoms with Gasteiger partial charge in [0.2, 0.25) is 5.91 Å². The van der Waals surface area contributed by atoms with Crippen LogP contribution in [0.3, 0.4) is 0 Å². The fourth-order valence-electron chi connectivity index (χ4n) is 8.29. The van der Waals surface area contributed by atoms with Gasteiger partial charge in [-0.3, -0.25) is 4.79 Å². The number of amides is 1. The highest BCUT2D eigenvalue weighted by atomic mass is 16.3. The second-order valence-corrected chi connectivity index (χ2v) is 17.9. The molecule has 0 spiro atoms. The standard InChI is InChI=1S/C50H101NO5/c1-3-5-7-9-11-13-15-17-19-21-23-24-26-28-30-32-34-36-38-40-42-44-48(54)50(56)51-46(45-52)49(55)47(53)43-41-39-37-35-33-31-29-27-25-22-20-18-16-14-12-10-8-6-4-2/h46-49,52-55H,3-45H2,1-2H3,(H,51,56). The Kier molecular flexibility index (Phi) is 44.8. The minimum absolute atomic E-state index is 0.376. The first-order valence-corrected chi connectivity index (χ1v) is 25.4. The smallest absolute Gasteiger partial charge is 0.249 e. The molecule has 56 heavy (non-hydrogen) atoms. The monoisotopic (exact) mass is 796 g/mol. The minimum atomic E-state index is -1.25. The molecule has 0 heterocycles. The quantitative estimate of drug-likeness (QED) is 0.0394. The molecule has 0 aliphatic heterocycles. The molecule has 5 N–H and O–H groups in total. The van der Waals surface area contributed by atoms with Crippen molar-refractivity contribution in [3.63, 3.8) is 0 Å². The van der Waals surface area contributed by atoms with Crippen molar-refractivity contribution in [2.24, 2.45) is 0 Å². The van der Waals surface area contributed by atoms with Crippen LogP contribution >= 0.6 is 0 Å². The summed E-state index contributed by atoms with van der Waals surface area (Å²) >= 11 is 0. The minimum Gasteiger partial charge on any atom is -0.394 e. The summed E-state index contributed by atoms with van der Waals surface area (Å²) in [6.45, 7) is 4.09. The molecule has 0 fully saturated rings. The fraction of sp³-hybridized carbons (Fsp3) is 0.980. The average Bonchev–Trinajstić information content (AvgIpc) is 3.20. The number of carbonyl (C=O) groups excluding carboxylic acids is 1. The molecule has 6 nitrogen and oxygen atoms in total. The van der Waals surface area contributed by atoms with Crippen LogP contribution in [-0.4, -0.2) is 57.3 Å². The van der Waals surface area contributed by atoms with Gasteiger partial charge in [-0.05, 0) is 12.8 Å². The molecule has 0 bridgehead atoms. The molecule has 1 amide bonds. The third-order valence-electron chi connectivity index (χ3n) is 12.3. The zero-order valence-electron chi connectivity index (χ0n) is 37.9. The Balaban J connectivity index is 3.63. The highest BCUT2D eigenvalue weighted by Gasteiger charge is 2.28. The summed E-state index contributed by atoms with van der Waals surface area (Å²) in [5.41, 5.74) is 0.